The van der Waals surface area contributed by atoms with E-state index >= 15 is 0 Å². The molecule has 224 valence electrons. The summed E-state index contributed by atoms with van der Waals surface area (Å²) < 4.78 is 27.7. The van der Waals surface area contributed by atoms with E-state index in [0.717, 1.165) is 45.1 Å². The molecule has 0 aliphatic rings. The number of nitro benzene ring substituents is 1. The van der Waals surface area contributed by atoms with Gasteiger partial charge in [0, 0.05) is 36.1 Å². The third-order valence-corrected chi connectivity index (χ3v) is 8.37. The molecule has 0 fully saturated rings. The molecule has 1 N–H and O–H groups in total. The van der Waals surface area contributed by atoms with Crippen LogP contribution in [0.25, 0.3) is 0 Å². The molecule has 10 nitrogen and oxygen atoms in total. The Morgan fingerprint density at radius 3 is 2.29 bits per heavy atom. The molecular weight excluding hydrogens is 624 g/mol. The molecule has 1 atom stereocenters. The summed E-state index contributed by atoms with van der Waals surface area (Å²) in [6, 6.07) is 19.5. The van der Waals surface area contributed by atoms with E-state index in [1.807, 2.05) is 61.5 Å². The van der Waals surface area contributed by atoms with Crippen LogP contribution in [0.15, 0.2) is 77.3 Å². The van der Waals surface area contributed by atoms with Gasteiger partial charge < -0.3 is 10.2 Å². The lowest BCUT2D eigenvalue weighted by atomic mass is 10.0. The van der Waals surface area contributed by atoms with Crippen LogP contribution in [0.5, 0.6) is 0 Å². The van der Waals surface area contributed by atoms with Crippen LogP contribution in [0.4, 0.5) is 11.4 Å². The minimum absolute atomic E-state index is 0.0237. The number of nitrogens with one attached hydrogen (secondary N) is 1. The van der Waals surface area contributed by atoms with E-state index < -0.39 is 33.4 Å². The number of nitrogens with zero attached hydrogens (tertiary/aromatic N) is 3. The molecule has 3 rings (SSSR count). The van der Waals surface area contributed by atoms with Gasteiger partial charge in [-0.1, -0.05) is 77.8 Å². The Kier molecular flexibility index (Phi) is 11.6. The van der Waals surface area contributed by atoms with E-state index in [0.29, 0.717) is 12.1 Å². The number of unbranched alkanes of at least 4 members (excludes halogenated alkanes) is 1. The number of sulfonamides is 1. The maximum Gasteiger partial charge on any atom is 0.271 e. The molecule has 0 bridgehead atoms. The fourth-order valence-electron chi connectivity index (χ4n) is 4.42. The minimum atomic E-state index is -4.06. The number of hydrogen-bond donors (Lipinski definition) is 1. The van der Waals surface area contributed by atoms with E-state index in [4.69, 9.17) is 0 Å². The number of benzene rings is 3. The van der Waals surface area contributed by atoms with Crippen LogP contribution in [0, 0.1) is 17.0 Å². The van der Waals surface area contributed by atoms with Gasteiger partial charge in [-0.2, -0.15) is 0 Å². The third kappa shape index (κ3) is 9.12. The van der Waals surface area contributed by atoms with E-state index in [-0.39, 0.29) is 30.2 Å². The first kappa shape index (κ1) is 32.7. The predicted molar refractivity (Wildman–Crippen MR) is 167 cm³/mol. The van der Waals surface area contributed by atoms with Crippen molar-refractivity contribution >= 4 is 49.1 Å². The van der Waals surface area contributed by atoms with Gasteiger partial charge in [0.15, 0.2) is 0 Å². The second kappa shape index (κ2) is 14.9. The van der Waals surface area contributed by atoms with Crippen LogP contribution in [-0.4, -0.2) is 55.4 Å². The highest BCUT2D eigenvalue weighted by Gasteiger charge is 2.33. The summed E-state index contributed by atoms with van der Waals surface area (Å²) in [6.07, 6.45) is 2.78. The first-order valence-electron chi connectivity index (χ1n) is 13.5. The summed E-state index contributed by atoms with van der Waals surface area (Å²) >= 11 is 3.41. The highest BCUT2D eigenvalue weighted by Crippen LogP contribution is 2.28. The van der Waals surface area contributed by atoms with Crippen molar-refractivity contribution in [1.29, 1.82) is 0 Å². The zero-order valence-electron chi connectivity index (χ0n) is 23.8. The molecule has 0 saturated carbocycles. The minimum Gasteiger partial charge on any atom is -0.354 e. The van der Waals surface area contributed by atoms with Gasteiger partial charge in [-0.05, 0) is 42.2 Å². The number of non-ortho nitro benzene ring substituents is 1. The zero-order chi connectivity index (χ0) is 30.9. The van der Waals surface area contributed by atoms with Gasteiger partial charge in [-0.3, -0.25) is 24.0 Å². The van der Waals surface area contributed by atoms with Gasteiger partial charge in [0.2, 0.25) is 21.8 Å². The van der Waals surface area contributed by atoms with Crippen molar-refractivity contribution in [2.24, 2.45) is 0 Å². The molecule has 0 unspecified atom stereocenters. The molecule has 0 heterocycles. The summed E-state index contributed by atoms with van der Waals surface area (Å²) in [7, 11) is -4.06. The molecule has 3 aromatic rings. The number of carbonyl (C=O) groups excluding carboxylic acids is 2. The molecule has 42 heavy (non-hydrogen) atoms. The molecule has 3 aromatic carbocycles. The van der Waals surface area contributed by atoms with Crippen molar-refractivity contribution in [1.82, 2.24) is 10.2 Å². The van der Waals surface area contributed by atoms with Crippen LogP contribution in [0.1, 0.15) is 36.5 Å². The molecule has 12 heteroatoms. The maximum absolute atomic E-state index is 14.1. The van der Waals surface area contributed by atoms with Crippen molar-refractivity contribution in [2.45, 2.75) is 45.7 Å². The quantitative estimate of drug-likeness (QED) is 0.148. The normalized spacial score (nSPS) is 11.9. The van der Waals surface area contributed by atoms with Crippen molar-refractivity contribution in [3.63, 3.8) is 0 Å². The Morgan fingerprint density at radius 1 is 1.02 bits per heavy atom. The lowest BCUT2D eigenvalue weighted by molar-refractivity contribution is -0.384. The number of aryl methyl sites for hydroxylation is 1. The monoisotopic (exact) mass is 658 g/mol. The van der Waals surface area contributed by atoms with Crippen LogP contribution < -0.4 is 9.62 Å². The van der Waals surface area contributed by atoms with Crippen LogP contribution >= 0.6 is 15.9 Å². The summed E-state index contributed by atoms with van der Waals surface area (Å²) in [5.41, 5.74) is 1.73. The SMILES string of the molecule is CCCCNC(=O)[C@@H](Cc1ccccc1)N(Cc1ccc(Br)cc1)C(=O)CN(c1cc([N+](=O)[O-])ccc1C)S(C)(=O)=O. The zero-order valence-corrected chi connectivity index (χ0v) is 26.2. The molecular formula is C30H35BrN4O6S. The van der Waals surface area contributed by atoms with Crippen LogP contribution in [0.3, 0.4) is 0 Å². The van der Waals surface area contributed by atoms with Crippen molar-refractivity contribution in [3.05, 3.63) is 104 Å². The first-order valence-corrected chi connectivity index (χ1v) is 16.1. The van der Waals surface area contributed by atoms with E-state index in [9.17, 15) is 28.1 Å². The molecule has 0 radical (unpaired) electrons. The Bertz CT molecular complexity index is 1500. The van der Waals surface area contributed by atoms with E-state index in [2.05, 4.69) is 21.2 Å². The molecule has 0 aliphatic heterocycles. The largest absolute Gasteiger partial charge is 0.354 e. The molecule has 0 aromatic heterocycles. The third-order valence-electron chi connectivity index (χ3n) is 6.72. The summed E-state index contributed by atoms with van der Waals surface area (Å²) in [4.78, 5) is 40.0. The smallest absolute Gasteiger partial charge is 0.271 e. The standard InChI is InChI=1S/C30H35BrN4O6S/c1-4-5-17-32-30(37)28(18-23-9-7-6-8-10-23)33(20-24-12-14-25(31)15-13-24)29(36)21-34(42(3,40)41)27-19-26(35(38)39)16-11-22(27)2/h6-16,19,28H,4-5,17-18,20-21H2,1-3H3,(H,32,37)/t28-/m1/s1. The Labute approximate surface area is 255 Å². The summed E-state index contributed by atoms with van der Waals surface area (Å²) in [5.74, 6) is -0.976. The number of halogens is 1. The Balaban J connectivity index is 2.08. The number of carbonyl (C=O) groups is 2. The maximum atomic E-state index is 14.1. The van der Waals surface area contributed by atoms with Gasteiger partial charge in [0.05, 0.1) is 16.9 Å². The number of nitro groups is 1. The predicted octanol–water partition coefficient (Wildman–Crippen LogP) is 4.99. The second-order valence-electron chi connectivity index (χ2n) is 10.00. The lowest BCUT2D eigenvalue weighted by Gasteiger charge is -2.33. The van der Waals surface area contributed by atoms with Gasteiger partial charge >= 0.3 is 0 Å². The highest BCUT2D eigenvalue weighted by molar-refractivity contribution is 9.10. The van der Waals surface area contributed by atoms with Crippen LogP contribution in [-0.2, 0) is 32.6 Å². The number of hydrogen-bond acceptors (Lipinski definition) is 6. The second-order valence-corrected chi connectivity index (χ2v) is 12.8. The highest BCUT2D eigenvalue weighted by atomic mass is 79.9. The number of rotatable bonds is 14. The fourth-order valence-corrected chi connectivity index (χ4v) is 5.58. The van der Waals surface area contributed by atoms with Gasteiger partial charge in [0.25, 0.3) is 5.69 Å². The van der Waals surface area contributed by atoms with E-state index in [1.165, 1.54) is 17.0 Å². The van der Waals surface area contributed by atoms with Gasteiger partial charge in [-0.25, -0.2) is 8.42 Å². The Hall–Kier alpha value is -3.77. The molecule has 0 aliphatic carbocycles. The molecule has 2 amide bonds. The summed E-state index contributed by atoms with van der Waals surface area (Å²) in [5, 5.41) is 14.4. The number of amides is 2. The first-order chi connectivity index (χ1) is 19.9. The molecule has 0 spiro atoms. The van der Waals surface area contributed by atoms with Crippen molar-refractivity contribution in [2.75, 3.05) is 23.7 Å². The summed E-state index contributed by atoms with van der Waals surface area (Å²) in [6.45, 7) is 3.44. The fraction of sp³-hybridized carbons (Fsp3) is 0.333. The van der Waals surface area contributed by atoms with Gasteiger partial charge in [0.1, 0.15) is 12.6 Å². The lowest BCUT2D eigenvalue weighted by Crippen LogP contribution is -2.53. The molecule has 0 saturated heterocycles. The average molecular weight is 660 g/mol. The van der Waals surface area contributed by atoms with Crippen molar-refractivity contribution in [3.8, 4) is 0 Å². The van der Waals surface area contributed by atoms with E-state index in [1.54, 1.807) is 6.92 Å². The number of anilines is 1. The topological polar surface area (TPSA) is 130 Å². The van der Waals surface area contributed by atoms with Crippen molar-refractivity contribution < 1.29 is 22.9 Å². The average Bonchev–Trinajstić information content (AvgIpc) is 2.95. The van der Waals surface area contributed by atoms with Gasteiger partial charge in [-0.15, -0.1) is 0 Å². The van der Waals surface area contributed by atoms with Crippen LogP contribution in [0.2, 0.25) is 0 Å². The Morgan fingerprint density at radius 2 is 1.69 bits per heavy atom.